The highest BCUT2D eigenvalue weighted by Crippen LogP contribution is 2.26. The van der Waals surface area contributed by atoms with Gasteiger partial charge in [0, 0.05) is 17.3 Å². The van der Waals surface area contributed by atoms with Crippen molar-refractivity contribution in [2.45, 2.75) is 0 Å². The van der Waals surface area contributed by atoms with Crippen LogP contribution in [0.1, 0.15) is 21.5 Å². The number of hydrogen-bond donors (Lipinski definition) is 0. The third-order valence-corrected chi connectivity index (χ3v) is 3.71. The number of aromatic nitrogens is 1. The zero-order valence-electron chi connectivity index (χ0n) is 12.0. The Kier molecular flexibility index (Phi) is 4.18. The van der Waals surface area contributed by atoms with E-state index in [1.807, 2.05) is 30.3 Å². The summed E-state index contributed by atoms with van der Waals surface area (Å²) in [4.78, 5) is 16.7. The van der Waals surface area contributed by atoms with Crippen LogP contribution in [0, 0.1) is 11.3 Å². The number of benzene rings is 2. The molecule has 0 unspecified atom stereocenters. The number of ketones is 1. The van der Waals surface area contributed by atoms with Gasteiger partial charge >= 0.3 is 0 Å². The van der Waals surface area contributed by atoms with Crippen LogP contribution in [0.3, 0.4) is 0 Å². The van der Waals surface area contributed by atoms with Crippen molar-refractivity contribution in [1.82, 2.24) is 4.98 Å². The van der Waals surface area contributed by atoms with Crippen LogP contribution in [0.25, 0.3) is 11.1 Å². The van der Waals surface area contributed by atoms with E-state index >= 15 is 0 Å². The van der Waals surface area contributed by atoms with Crippen molar-refractivity contribution < 1.29 is 4.79 Å². The molecule has 4 heteroatoms. The summed E-state index contributed by atoms with van der Waals surface area (Å²) in [6.45, 7) is 0. The van der Waals surface area contributed by atoms with Crippen molar-refractivity contribution in [3.63, 3.8) is 0 Å². The third kappa shape index (κ3) is 3.13. The second kappa shape index (κ2) is 6.43. The fraction of sp³-hybridized carbons (Fsp3) is 0. The van der Waals surface area contributed by atoms with Crippen molar-refractivity contribution >= 4 is 17.4 Å². The number of carbonyl (C=O) groups excluding carboxylic acids is 1. The Morgan fingerprint density at radius 3 is 2.39 bits per heavy atom. The first-order valence-corrected chi connectivity index (χ1v) is 7.32. The average Bonchev–Trinajstić information content (AvgIpc) is 2.62. The predicted octanol–water partition coefficient (Wildman–Crippen LogP) is 4.50. The lowest BCUT2D eigenvalue weighted by Crippen LogP contribution is -2.04. The fourth-order valence-corrected chi connectivity index (χ4v) is 2.43. The molecule has 0 aliphatic rings. The molecule has 0 amide bonds. The zero-order chi connectivity index (χ0) is 16.2. The van der Waals surface area contributed by atoms with Gasteiger partial charge in [-0.1, -0.05) is 48.0 Å². The predicted molar refractivity (Wildman–Crippen MR) is 89.3 cm³/mol. The highest BCUT2D eigenvalue weighted by Gasteiger charge is 2.14. The van der Waals surface area contributed by atoms with Gasteiger partial charge in [-0.05, 0) is 35.4 Å². The van der Waals surface area contributed by atoms with Crippen molar-refractivity contribution in [2.24, 2.45) is 0 Å². The Bertz CT molecular complexity index is 894. The smallest absolute Gasteiger partial charge is 0.195 e. The van der Waals surface area contributed by atoms with Crippen molar-refractivity contribution in [1.29, 1.82) is 5.26 Å². The minimum Gasteiger partial charge on any atom is -0.289 e. The molecule has 0 aliphatic carbocycles. The SMILES string of the molecule is N#Cc1ccc(-c2ccccc2C(=O)c2ccc(Cl)nc2)cc1. The van der Waals surface area contributed by atoms with E-state index in [0.717, 1.165) is 11.1 Å². The monoisotopic (exact) mass is 318 g/mol. The lowest BCUT2D eigenvalue weighted by atomic mass is 9.94. The summed E-state index contributed by atoms with van der Waals surface area (Å²) in [5, 5.41) is 9.24. The van der Waals surface area contributed by atoms with Crippen molar-refractivity contribution in [3.8, 4) is 17.2 Å². The summed E-state index contributed by atoms with van der Waals surface area (Å²) >= 11 is 5.77. The third-order valence-electron chi connectivity index (χ3n) is 3.49. The minimum atomic E-state index is -0.117. The molecule has 0 aliphatic heterocycles. The van der Waals surface area contributed by atoms with Gasteiger partial charge in [0.25, 0.3) is 0 Å². The average molecular weight is 319 g/mol. The van der Waals surface area contributed by atoms with Crippen LogP contribution in [0.2, 0.25) is 5.15 Å². The molecule has 1 heterocycles. The quantitative estimate of drug-likeness (QED) is 0.527. The van der Waals surface area contributed by atoms with E-state index in [4.69, 9.17) is 16.9 Å². The standard InChI is InChI=1S/C19H11ClN2O/c20-18-10-9-15(12-22-18)19(23)17-4-2-1-3-16(17)14-7-5-13(11-21)6-8-14/h1-10,12H. The normalized spacial score (nSPS) is 10.1. The lowest BCUT2D eigenvalue weighted by molar-refractivity contribution is 0.103. The molecule has 3 aromatic rings. The van der Waals surface area contributed by atoms with E-state index < -0.39 is 0 Å². The molecule has 1 aromatic heterocycles. The Morgan fingerprint density at radius 2 is 1.74 bits per heavy atom. The molecular weight excluding hydrogens is 308 g/mol. The largest absolute Gasteiger partial charge is 0.289 e. The molecular formula is C19H11ClN2O. The molecule has 0 saturated heterocycles. The molecule has 0 N–H and O–H groups in total. The first-order chi connectivity index (χ1) is 11.2. The summed E-state index contributed by atoms with van der Waals surface area (Å²) in [5.41, 5.74) is 3.35. The number of rotatable bonds is 3. The van der Waals surface area contributed by atoms with Crippen LogP contribution in [-0.2, 0) is 0 Å². The van der Waals surface area contributed by atoms with Crippen LogP contribution >= 0.6 is 11.6 Å². The number of pyridine rings is 1. The van der Waals surface area contributed by atoms with E-state index in [9.17, 15) is 4.79 Å². The van der Waals surface area contributed by atoms with Gasteiger partial charge in [-0.3, -0.25) is 4.79 Å². The van der Waals surface area contributed by atoms with Crippen LogP contribution in [0.5, 0.6) is 0 Å². The van der Waals surface area contributed by atoms with Gasteiger partial charge in [-0.15, -0.1) is 0 Å². The van der Waals surface area contributed by atoms with E-state index in [-0.39, 0.29) is 5.78 Å². The number of nitrogens with zero attached hydrogens (tertiary/aromatic N) is 2. The number of nitriles is 1. The summed E-state index contributed by atoms with van der Waals surface area (Å²) in [6.07, 6.45) is 1.47. The maximum Gasteiger partial charge on any atom is 0.195 e. The summed E-state index contributed by atoms with van der Waals surface area (Å²) in [5.74, 6) is -0.117. The molecule has 0 radical (unpaired) electrons. The van der Waals surface area contributed by atoms with Gasteiger partial charge in [-0.25, -0.2) is 4.98 Å². The molecule has 0 bridgehead atoms. The second-order valence-electron chi connectivity index (χ2n) is 4.93. The molecule has 0 atom stereocenters. The van der Waals surface area contributed by atoms with Gasteiger partial charge in [0.2, 0.25) is 0 Å². The van der Waals surface area contributed by atoms with E-state index in [1.165, 1.54) is 6.20 Å². The van der Waals surface area contributed by atoms with Crippen molar-refractivity contribution in [3.05, 3.63) is 88.7 Å². The molecule has 3 rings (SSSR count). The lowest BCUT2D eigenvalue weighted by Gasteiger charge is -2.09. The Morgan fingerprint density at radius 1 is 1.00 bits per heavy atom. The summed E-state index contributed by atoms with van der Waals surface area (Å²) < 4.78 is 0. The Hall–Kier alpha value is -2.96. The molecule has 110 valence electrons. The van der Waals surface area contributed by atoms with Crippen molar-refractivity contribution in [2.75, 3.05) is 0 Å². The van der Waals surface area contributed by atoms with Gasteiger partial charge in [-0.2, -0.15) is 5.26 Å². The maximum atomic E-state index is 12.7. The minimum absolute atomic E-state index is 0.117. The molecule has 3 nitrogen and oxygen atoms in total. The van der Waals surface area contributed by atoms with Crippen LogP contribution in [-0.4, -0.2) is 10.8 Å². The highest BCUT2D eigenvalue weighted by molar-refractivity contribution is 6.29. The Labute approximate surface area is 138 Å². The van der Waals surface area contributed by atoms with Gasteiger partial charge < -0.3 is 0 Å². The Balaban J connectivity index is 2.05. The summed E-state index contributed by atoms with van der Waals surface area (Å²) in [7, 11) is 0. The second-order valence-corrected chi connectivity index (χ2v) is 5.32. The van der Waals surface area contributed by atoms with Gasteiger partial charge in [0.15, 0.2) is 5.78 Å². The molecule has 2 aromatic carbocycles. The van der Waals surface area contributed by atoms with Gasteiger partial charge in [0.05, 0.1) is 11.6 Å². The van der Waals surface area contributed by atoms with Crippen LogP contribution < -0.4 is 0 Å². The topological polar surface area (TPSA) is 53.8 Å². The van der Waals surface area contributed by atoms with E-state index in [2.05, 4.69) is 11.1 Å². The van der Waals surface area contributed by atoms with E-state index in [0.29, 0.717) is 21.8 Å². The summed E-state index contributed by atoms with van der Waals surface area (Å²) in [6, 6.07) is 19.9. The number of carbonyl (C=O) groups is 1. The van der Waals surface area contributed by atoms with Gasteiger partial charge in [0.1, 0.15) is 5.15 Å². The number of hydrogen-bond acceptors (Lipinski definition) is 3. The first kappa shape index (κ1) is 15.0. The molecule has 23 heavy (non-hydrogen) atoms. The highest BCUT2D eigenvalue weighted by atomic mass is 35.5. The van der Waals surface area contributed by atoms with Crippen LogP contribution in [0.15, 0.2) is 66.9 Å². The maximum absolute atomic E-state index is 12.7. The fourth-order valence-electron chi connectivity index (χ4n) is 2.32. The van der Waals surface area contributed by atoms with Crippen LogP contribution in [0.4, 0.5) is 0 Å². The molecule has 0 spiro atoms. The molecule has 0 saturated carbocycles. The first-order valence-electron chi connectivity index (χ1n) is 6.95. The molecule has 0 fully saturated rings. The van der Waals surface area contributed by atoms with E-state index in [1.54, 1.807) is 30.3 Å². The zero-order valence-corrected chi connectivity index (χ0v) is 12.8. The number of halogens is 1.